The summed E-state index contributed by atoms with van der Waals surface area (Å²) in [5.41, 5.74) is 0. The van der Waals surface area contributed by atoms with Crippen LogP contribution in [0.4, 0.5) is 0 Å². The Morgan fingerprint density at radius 2 is 1.65 bits per heavy atom. The molecule has 1 N–H and O–H groups in total. The molecular weight excluding hydrogens is 270 g/mol. The van der Waals surface area contributed by atoms with Gasteiger partial charge in [0.15, 0.2) is 5.96 Å². The van der Waals surface area contributed by atoms with Crippen LogP contribution in [0.3, 0.4) is 0 Å². The molecule has 6 heteroatoms. The third-order valence-corrected chi connectivity index (χ3v) is 5.80. The normalized spacial score (nSPS) is 11.7. The van der Waals surface area contributed by atoms with E-state index in [2.05, 4.69) is 23.8 Å². The van der Waals surface area contributed by atoms with Gasteiger partial charge in [0.1, 0.15) is 0 Å². The molecule has 0 heterocycles. The molecule has 0 amide bonds. The van der Waals surface area contributed by atoms with Gasteiger partial charge in [0, 0.05) is 41.4 Å². The first-order chi connectivity index (χ1) is 9.40. The van der Waals surface area contributed by atoms with Gasteiger partial charge < -0.3 is 19.1 Å². The van der Waals surface area contributed by atoms with Gasteiger partial charge in [-0.3, -0.25) is 4.99 Å². The average molecular weight is 306 g/mol. The van der Waals surface area contributed by atoms with Crippen LogP contribution in [0, 0.1) is 0 Å². The molecule has 0 rings (SSSR count). The van der Waals surface area contributed by atoms with Crippen LogP contribution in [-0.4, -0.2) is 60.8 Å². The minimum Gasteiger partial charge on any atom is -0.395 e. The number of guanidine groups is 1. The molecule has 0 saturated heterocycles. The Labute approximate surface area is 127 Å². The Balaban J connectivity index is 0. The van der Waals surface area contributed by atoms with Gasteiger partial charge in [-0.25, -0.2) is 0 Å². The van der Waals surface area contributed by atoms with Crippen LogP contribution in [-0.2, 0) is 8.85 Å². The maximum atomic E-state index is 5.69. The lowest BCUT2D eigenvalue weighted by Gasteiger charge is -2.25. The number of hydrogen-bond acceptors (Lipinski definition) is 3. The number of unbranched alkanes of at least 4 members (excludes halogenated alkanes) is 1. The highest BCUT2D eigenvalue weighted by Gasteiger charge is 2.29. The molecule has 0 atom stereocenters. The lowest BCUT2D eigenvalue weighted by Crippen LogP contribution is -2.38. The van der Waals surface area contributed by atoms with Crippen molar-refractivity contribution in [1.82, 2.24) is 10.2 Å². The van der Waals surface area contributed by atoms with Gasteiger partial charge in [-0.05, 0) is 26.4 Å². The predicted molar refractivity (Wildman–Crippen MR) is 90.7 cm³/mol. The van der Waals surface area contributed by atoms with E-state index >= 15 is 0 Å². The zero-order valence-electron chi connectivity index (χ0n) is 14.7. The predicted octanol–water partition coefficient (Wildman–Crippen LogP) is 2.68. The Morgan fingerprint density at radius 1 is 1.15 bits per heavy atom. The maximum absolute atomic E-state index is 5.69. The topological polar surface area (TPSA) is 46.1 Å². The van der Waals surface area contributed by atoms with Crippen molar-refractivity contribution < 1.29 is 8.85 Å². The van der Waals surface area contributed by atoms with E-state index in [0.29, 0.717) is 0 Å². The number of hydrogen-bond donors (Lipinski definition) is 1. The molecule has 0 aromatic rings. The molecule has 0 unspecified atom stereocenters. The van der Waals surface area contributed by atoms with Gasteiger partial charge in [-0.1, -0.05) is 19.8 Å². The highest BCUT2D eigenvalue weighted by Crippen LogP contribution is 2.16. The fourth-order valence-corrected chi connectivity index (χ4v) is 4.42. The van der Waals surface area contributed by atoms with E-state index in [9.17, 15) is 0 Å². The zero-order chi connectivity index (χ0) is 16.0. The lowest BCUT2D eigenvalue weighted by atomic mass is 10.4. The molecule has 0 fully saturated rings. The molecule has 0 saturated carbocycles. The first-order valence-electron chi connectivity index (χ1n) is 7.50. The van der Waals surface area contributed by atoms with E-state index < -0.39 is 8.56 Å². The quantitative estimate of drug-likeness (QED) is 0.446. The number of aliphatic imine (C=N–C) groups is 1. The van der Waals surface area contributed by atoms with Crippen LogP contribution in [0.2, 0.25) is 12.6 Å². The minimum absolute atomic E-state index is 0.784. The second-order valence-corrected chi connectivity index (χ2v) is 8.14. The standard InChI is InChI=1S/C9H22O2Si.C5H13N3/c1-5-8-9-12(4,10-6-2)11-7-3;1-6-5(7-2)8(3)4/h5-9H2,1-4H3;1-4H3,(H,6,7). The summed E-state index contributed by atoms with van der Waals surface area (Å²) >= 11 is 0. The highest BCUT2D eigenvalue weighted by molar-refractivity contribution is 6.66. The first-order valence-corrected chi connectivity index (χ1v) is 10.0. The third kappa shape index (κ3) is 11.3. The summed E-state index contributed by atoms with van der Waals surface area (Å²) in [6.07, 6.45) is 2.45. The molecule has 0 aromatic carbocycles. The first kappa shape index (κ1) is 21.7. The van der Waals surface area contributed by atoms with Gasteiger partial charge in [0.25, 0.3) is 0 Å². The van der Waals surface area contributed by atoms with Crippen molar-refractivity contribution in [2.75, 3.05) is 41.4 Å². The zero-order valence-corrected chi connectivity index (χ0v) is 15.7. The van der Waals surface area contributed by atoms with Crippen LogP contribution >= 0.6 is 0 Å². The average Bonchev–Trinajstić information content (AvgIpc) is 2.39. The van der Waals surface area contributed by atoms with E-state index in [4.69, 9.17) is 8.85 Å². The summed E-state index contributed by atoms with van der Waals surface area (Å²) in [6.45, 7) is 10.0. The van der Waals surface area contributed by atoms with Crippen LogP contribution < -0.4 is 5.32 Å². The molecule has 20 heavy (non-hydrogen) atoms. The molecule has 0 aliphatic carbocycles. The monoisotopic (exact) mass is 305 g/mol. The fourth-order valence-electron chi connectivity index (χ4n) is 1.83. The van der Waals surface area contributed by atoms with E-state index in [0.717, 1.165) is 25.2 Å². The second kappa shape index (κ2) is 13.4. The summed E-state index contributed by atoms with van der Waals surface area (Å²) in [5.74, 6) is 0.894. The van der Waals surface area contributed by atoms with E-state index in [1.54, 1.807) is 7.05 Å². The molecule has 0 aliphatic rings. The van der Waals surface area contributed by atoms with Gasteiger partial charge >= 0.3 is 8.56 Å². The molecule has 5 nitrogen and oxygen atoms in total. The van der Waals surface area contributed by atoms with Crippen LogP contribution in [0.15, 0.2) is 4.99 Å². The summed E-state index contributed by atoms with van der Waals surface area (Å²) in [4.78, 5) is 5.85. The van der Waals surface area contributed by atoms with Crippen LogP contribution in [0.25, 0.3) is 0 Å². The van der Waals surface area contributed by atoms with Crippen molar-refractivity contribution in [3.63, 3.8) is 0 Å². The van der Waals surface area contributed by atoms with Gasteiger partial charge in [0.05, 0.1) is 0 Å². The van der Waals surface area contributed by atoms with Crippen molar-refractivity contribution in [2.45, 2.75) is 46.2 Å². The lowest BCUT2D eigenvalue weighted by molar-refractivity contribution is 0.188. The van der Waals surface area contributed by atoms with Gasteiger partial charge in [-0.15, -0.1) is 0 Å². The van der Waals surface area contributed by atoms with Crippen molar-refractivity contribution in [2.24, 2.45) is 4.99 Å². The van der Waals surface area contributed by atoms with Gasteiger partial charge in [-0.2, -0.15) is 0 Å². The number of nitrogens with one attached hydrogen (secondary N) is 1. The third-order valence-electron chi connectivity index (χ3n) is 2.74. The molecular formula is C14H35N3O2Si. The van der Waals surface area contributed by atoms with Gasteiger partial charge in [0.2, 0.25) is 0 Å². The summed E-state index contributed by atoms with van der Waals surface area (Å²) in [7, 11) is 5.72. The highest BCUT2D eigenvalue weighted by atomic mass is 28.4. The van der Waals surface area contributed by atoms with Crippen molar-refractivity contribution in [3.05, 3.63) is 0 Å². The van der Waals surface area contributed by atoms with Crippen molar-refractivity contribution in [1.29, 1.82) is 0 Å². The van der Waals surface area contributed by atoms with Crippen molar-refractivity contribution >= 4 is 14.5 Å². The van der Waals surface area contributed by atoms with Crippen molar-refractivity contribution in [3.8, 4) is 0 Å². The van der Waals surface area contributed by atoms with Crippen LogP contribution in [0.5, 0.6) is 0 Å². The Hall–Kier alpha value is -0.593. The SMILES string of the molecule is CCCC[Si](C)(OCC)OCC.CN=C(NC)N(C)C. The maximum Gasteiger partial charge on any atom is 0.334 e. The molecule has 0 radical (unpaired) electrons. The largest absolute Gasteiger partial charge is 0.395 e. The molecule has 0 bridgehead atoms. The molecule has 0 aromatic heterocycles. The molecule has 122 valence electrons. The fraction of sp³-hybridized carbons (Fsp3) is 0.929. The van der Waals surface area contributed by atoms with E-state index in [1.165, 1.54) is 12.8 Å². The summed E-state index contributed by atoms with van der Waals surface area (Å²) in [5, 5.41) is 2.93. The number of rotatable bonds is 7. The Morgan fingerprint density at radius 3 is 1.85 bits per heavy atom. The minimum atomic E-state index is -1.77. The Bertz CT molecular complexity index is 243. The smallest absolute Gasteiger partial charge is 0.334 e. The summed E-state index contributed by atoms with van der Waals surface area (Å²) < 4.78 is 11.4. The number of nitrogens with zero attached hydrogens (tertiary/aromatic N) is 2. The van der Waals surface area contributed by atoms with E-state index in [1.807, 2.05) is 39.9 Å². The second-order valence-electron chi connectivity index (χ2n) is 4.80. The molecule has 0 aliphatic heterocycles. The Kier molecular flexibility index (Phi) is 14.5. The van der Waals surface area contributed by atoms with Crippen LogP contribution in [0.1, 0.15) is 33.6 Å². The van der Waals surface area contributed by atoms with E-state index in [-0.39, 0.29) is 0 Å². The summed E-state index contributed by atoms with van der Waals surface area (Å²) in [6, 6.07) is 1.13. The molecule has 0 spiro atoms.